The summed E-state index contributed by atoms with van der Waals surface area (Å²) in [7, 11) is 0. The number of nitrogens with zero attached hydrogens (tertiary/aromatic N) is 7. The summed E-state index contributed by atoms with van der Waals surface area (Å²) < 4.78 is 4.52. The lowest BCUT2D eigenvalue weighted by atomic mass is 9.80. The van der Waals surface area contributed by atoms with E-state index in [0.717, 1.165) is 81.3 Å². The van der Waals surface area contributed by atoms with Crippen LogP contribution in [0.15, 0.2) is 181 Å². The number of anilines is 7. The van der Waals surface area contributed by atoms with Gasteiger partial charge in [-0.1, -0.05) is 180 Å². The standard InChI is InChI=1S/C68H76N8S/c1-10-13-43-66(4,5)50-25-35-56(36-26-50)74(53-19-17-16-18-20-53)54-33-23-49(24-34-54)61-63(73-77)62(69)60(64-65(61)72-76(71-64)59-41-46-70-47-42-59)48-21-31-55(32-22-48)75(57-37-27-51(28-38-57)67(6,7)44-14-11-2)58-39-29-52(30-40-58)68(8,9)45-15-12-3/h16-42,46-47H,10-15,43-45,69H2,1-9H3. The van der Waals surface area contributed by atoms with Crippen LogP contribution < -0.4 is 15.5 Å². The fourth-order valence-corrected chi connectivity index (χ4v) is 11.1. The summed E-state index contributed by atoms with van der Waals surface area (Å²) in [4.78, 5) is 10.6. The molecule has 0 spiro atoms. The first-order valence-electron chi connectivity index (χ1n) is 27.8. The van der Waals surface area contributed by atoms with Crippen LogP contribution in [0.3, 0.4) is 0 Å². The minimum atomic E-state index is 0.0779. The lowest BCUT2D eigenvalue weighted by Crippen LogP contribution is -2.18. The van der Waals surface area contributed by atoms with Gasteiger partial charge in [0.15, 0.2) is 0 Å². The van der Waals surface area contributed by atoms with Gasteiger partial charge in [0.05, 0.1) is 11.4 Å². The lowest BCUT2D eigenvalue weighted by molar-refractivity contribution is 0.458. The highest BCUT2D eigenvalue weighted by Crippen LogP contribution is 2.49. The summed E-state index contributed by atoms with van der Waals surface area (Å²) in [5.74, 6) is 0. The van der Waals surface area contributed by atoms with Crippen LogP contribution in [0.2, 0.25) is 0 Å². The van der Waals surface area contributed by atoms with Gasteiger partial charge in [-0.25, -0.2) is 0 Å². The lowest BCUT2D eigenvalue weighted by Gasteiger charge is -2.30. The van der Waals surface area contributed by atoms with E-state index in [-0.39, 0.29) is 16.2 Å². The molecule has 9 heteroatoms. The molecule has 2 N–H and O–H groups in total. The zero-order valence-electron chi connectivity index (χ0n) is 46.7. The number of benzene rings is 7. The molecule has 8 nitrogen and oxygen atoms in total. The molecule has 0 fully saturated rings. The summed E-state index contributed by atoms with van der Waals surface area (Å²) in [5, 5.41) is 10.4. The molecule has 9 rings (SSSR count). The average Bonchev–Trinajstić information content (AvgIpc) is 4.02. The Morgan fingerprint density at radius 1 is 0.455 bits per heavy atom. The Bertz CT molecular complexity index is 3320. The minimum absolute atomic E-state index is 0.0779. The molecule has 0 aliphatic heterocycles. The smallest absolute Gasteiger partial charge is 0.124 e. The van der Waals surface area contributed by atoms with Crippen molar-refractivity contribution in [1.82, 2.24) is 20.0 Å². The van der Waals surface area contributed by atoms with Gasteiger partial charge in [-0.2, -0.15) is 9.16 Å². The first-order chi connectivity index (χ1) is 37.2. The Balaban J connectivity index is 1.13. The second-order valence-electron chi connectivity index (χ2n) is 22.7. The number of nitrogens with two attached hydrogens (primary N) is 1. The Morgan fingerprint density at radius 2 is 0.792 bits per heavy atom. The van der Waals surface area contributed by atoms with E-state index in [1.807, 2.05) is 12.1 Å². The van der Waals surface area contributed by atoms with E-state index < -0.39 is 0 Å². The molecule has 2 aromatic heterocycles. The van der Waals surface area contributed by atoms with Crippen molar-refractivity contribution in [2.45, 2.75) is 136 Å². The van der Waals surface area contributed by atoms with Crippen molar-refractivity contribution in [1.29, 1.82) is 0 Å². The molecule has 0 bridgehead atoms. The molecule has 0 unspecified atom stereocenters. The molecule has 0 amide bonds. The highest BCUT2D eigenvalue weighted by atomic mass is 32.1. The molecule has 0 aliphatic carbocycles. The van der Waals surface area contributed by atoms with Crippen molar-refractivity contribution in [3.63, 3.8) is 0 Å². The second-order valence-corrected chi connectivity index (χ2v) is 22.9. The van der Waals surface area contributed by atoms with Crippen LogP contribution in [0, 0.1) is 0 Å². The van der Waals surface area contributed by atoms with Crippen molar-refractivity contribution in [2.24, 2.45) is 4.36 Å². The minimum Gasteiger partial charge on any atom is -0.396 e. The van der Waals surface area contributed by atoms with E-state index >= 15 is 0 Å². The largest absolute Gasteiger partial charge is 0.396 e. The molecule has 2 heterocycles. The quantitative estimate of drug-likeness (QED) is 0.0677. The topological polar surface area (TPSA) is 88.5 Å². The Hall–Kier alpha value is -7.49. The van der Waals surface area contributed by atoms with Gasteiger partial charge in [-0.3, -0.25) is 4.98 Å². The highest BCUT2D eigenvalue weighted by molar-refractivity contribution is 7.47. The van der Waals surface area contributed by atoms with Crippen molar-refractivity contribution < 1.29 is 0 Å². The molecule has 77 heavy (non-hydrogen) atoms. The first-order valence-corrected chi connectivity index (χ1v) is 28.2. The van der Waals surface area contributed by atoms with Gasteiger partial charge in [0.25, 0.3) is 0 Å². The third kappa shape index (κ3) is 11.6. The molecular weight excluding hydrogens is 961 g/mol. The molecule has 0 atom stereocenters. The summed E-state index contributed by atoms with van der Waals surface area (Å²) in [5.41, 5.74) is 24.1. The van der Waals surface area contributed by atoms with Gasteiger partial charge in [-0.15, -0.1) is 10.2 Å². The van der Waals surface area contributed by atoms with Crippen molar-refractivity contribution >= 4 is 69.0 Å². The highest BCUT2D eigenvalue weighted by Gasteiger charge is 2.28. The van der Waals surface area contributed by atoms with E-state index in [1.54, 1.807) is 17.2 Å². The van der Waals surface area contributed by atoms with Crippen LogP contribution in [0.5, 0.6) is 0 Å². The predicted octanol–water partition coefficient (Wildman–Crippen LogP) is 19.4. The number of para-hydroxylation sites is 1. The number of hydrogen-bond acceptors (Lipinski definition) is 8. The van der Waals surface area contributed by atoms with Crippen LogP contribution in [0.1, 0.15) is 137 Å². The molecule has 0 aliphatic rings. The average molecular weight is 1040 g/mol. The summed E-state index contributed by atoms with van der Waals surface area (Å²) >= 11 is 5.66. The first kappa shape index (κ1) is 54.3. The number of unbranched alkanes of at least 4 members (excludes halogenated alkanes) is 3. The van der Waals surface area contributed by atoms with Crippen LogP contribution in [-0.2, 0) is 28.7 Å². The fourth-order valence-electron chi connectivity index (χ4n) is 10.9. The monoisotopic (exact) mass is 1040 g/mol. The maximum absolute atomic E-state index is 7.35. The second kappa shape index (κ2) is 23.4. The Labute approximate surface area is 463 Å². The third-order valence-corrected chi connectivity index (χ3v) is 16.0. The van der Waals surface area contributed by atoms with Crippen LogP contribution in [0.25, 0.3) is 39.0 Å². The normalized spacial score (nSPS) is 12.0. The van der Waals surface area contributed by atoms with Gasteiger partial charge in [-0.05, 0) is 148 Å². The molecular formula is C68H76N8S. The summed E-state index contributed by atoms with van der Waals surface area (Å²) in [6.45, 7) is 20.9. The van der Waals surface area contributed by atoms with Crippen molar-refractivity contribution in [3.05, 3.63) is 193 Å². The van der Waals surface area contributed by atoms with Gasteiger partial charge >= 0.3 is 0 Å². The van der Waals surface area contributed by atoms with E-state index in [1.165, 1.54) is 55.2 Å². The van der Waals surface area contributed by atoms with Gasteiger partial charge in [0.1, 0.15) is 16.7 Å². The number of aromatic nitrogens is 4. The van der Waals surface area contributed by atoms with Crippen molar-refractivity contribution in [3.8, 4) is 27.9 Å². The maximum atomic E-state index is 7.35. The zero-order chi connectivity index (χ0) is 54.3. The molecule has 9 aromatic rings. The molecule has 0 saturated carbocycles. The number of rotatable bonds is 22. The maximum Gasteiger partial charge on any atom is 0.124 e. The van der Waals surface area contributed by atoms with E-state index in [4.69, 9.17) is 28.4 Å². The molecule has 0 saturated heterocycles. The molecule has 0 radical (unpaired) electrons. The number of fused-ring (bicyclic) bond motifs is 1. The summed E-state index contributed by atoms with van der Waals surface area (Å²) in [6.07, 6.45) is 14.1. The number of pyridine rings is 1. The Kier molecular flexibility index (Phi) is 16.5. The van der Waals surface area contributed by atoms with Gasteiger partial charge in [0, 0.05) is 70.1 Å². The van der Waals surface area contributed by atoms with E-state index in [9.17, 15) is 0 Å². The van der Waals surface area contributed by atoms with Crippen molar-refractivity contribution in [2.75, 3.05) is 15.5 Å². The van der Waals surface area contributed by atoms with Crippen LogP contribution in [-0.4, -0.2) is 20.0 Å². The third-order valence-electron chi connectivity index (χ3n) is 15.9. The Morgan fingerprint density at radius 3 is 1.16 bits per heavy atom. The van der Waals surface area contributed by atoms with E-state index in [0.29, 0.717) is 22.4 Å². The summed E-state index contributed by atoms with van der Waals surface area (Å²) in [6, 6.07) is 58.7. The fraction of sp³-hybridized carbons (Fsp3) is 0.309. The molecule has 394 valence electrons. The molecule has 7 aromatic carbocycles. The van der Waals surface area contributed by atoms with Crippen LogP contribution in [0.4, 0.5) is 45.5 Å². The number of nitrogen functional groups attached to an aromatic ring is 1. The van der Waals surface area contributed by atoms with Crippen LogP contribution >= 0.6 is 0 Å². The predicted molar refractivity (Wildman–Crippen MR) is 328 cm³/mol. The van der Waals surface area contributed by atoms with Gasteiger partial charge in [0.2, 0.25) is 0 Å². The SMILES string of the molecule is CCCCC(C)(C)c1ccc(N(c2ccccc2)c2ccc(-c3c(N=S)c(N)c(-c4ccc(N(c5ccc(C(C)(C)CCCC)cc5)c5ccc(C(C)(C)CCCC)cc5)cc4)c4nn(-c5ccncc5)nc34)cc2)cc1. The number of hydrogen-bond donors (Lipinski definition) is 1. The van der Waals surface area contributed by atoms with E-state index in [2.05, 4.69) is 233 Å². The van der Waals surface area contributed by atoms with Gasteiger partial charge < -0.3 is 15.5 Å². The zero-order valence-corrected chi connectivity index (χ0v) is 47.5.